The number of halogens is 7. The number of rotatable bonds is 3. The van der Waals surface area contributed by atoms with Crippen molar-refractivity contribution in [3.05, 3.63) is 21.6 Å². The maximum atomic E-state index is 12.1. The molecule has 0 radical (unpaired) electrons. The number of anilines is 1. The standard InChI is InChI=1S/C8H6ClF6N3O/c9-5-4(16-2-7(10,11)12)1-17-18(6(5)19)3-8(13,14)15/h1,16H,2-3H2. The van der Waals surface area contributed by atoms with Crippen molar-refractivity contribution in [3.63, 3.8) is 0 Å². The van der Waals surface area contributed by atoms with Gasteiger partial charge in [0, 0.05) is 0 Å². The van der Waals surface area contributed by atoms with Gasteiger partial charge in [-0.05, 0) is 0 Å². The zero-order valence-corrected chi connectivity index (χ0v) is 9.70. The molecule has 11 heteroatoms. The molecule has 19 heavy (non-hydrogen) atoms. The summed E-state index contributed by atoms with van der Waals surface area (Å²) in [7, 11) is 0. The second kappa shape index (κ2) is 5.27. The Labute approximate surface area is 107 Å². The predicted molar refractivity (Wildman–Crippen MR) is 54.1 cm³/mol. The Kier molecular flexibility index (Phi) is 4.33. The van der Waals surface area contributed by atoms with Gasteiger partial charge in [0.2, 0.25) is 0 Å². The van der Waals surface area contributed by atoms with Crippen molar-refractivity contribution in [2.45, 2.75) is 18.9 Å². The number of aromatic nitrogens is 2. The van der Waals surface area contributed by atoms with E-state index in [4.69, 9.17) is 11.6 Å². The Morgan fingerprint density at radius 1 is 1.21 bits per heavy atom. The van der Waals surface area contributed by atoms with Crippen molar-refractivity contribution in [2.75, 3.05) is 11.9 Å². The molecular weight excluding hydrogens is 304 g/mol. The number of nitrogens with zero attached hydrogens (tertiary/aromatic N) is 2. The number of hydrogen-bond acceptors (Lipinski definition) is 3. The molecule has 0 amide bonds. The minimum atomic E-state index is -4.69. The first-order valence-electron chi connectivity index (χ1n) is 4.62. The fourth-order valence-corrected chi connectivity index (χ4v) is 1.28. The van der Waals surface area contributed by atoms with E-state index in [-0.39, 0.29) is 4.68 Å². The molecule has 1 N–H and O–H groups in total. The van der Waals surface area contributed by atoms with Crippen LogP contribution in [-0.4, -0.2) is 28.7 Å². The van der Waals surface area contributed by atoms with Gasteiger partial charge in [-0.15, -0.1) is 0 Å². The summed E-state index contributed by atoms with van der Waals surface area (Å²) >= 11 is 5.39. The molecule has 0 unspecified atom stereocenters. The van der Waals surface area contributed by atoms with Gasteiger partial charge in [-0.1, -0.05) is 11.6 Å². The van der Waals surface area contributed by atoms with Gasteiger partial charge >= 0.3 is 12.4 Å². The summed E-state index contributed by atoms with van der Waals surface area (Å²) < 4.78 is 71.9. The quantitative estimate of drug-likeness (QED) is 0.872. The van der Waals surface area contributed by atoms with Gasteiger partial charge in [0.15, 0.2) is 0 Å². The summed E-state index contributed by atoms with van der Waals surface area (Å²) in [6.07, 6.45) is -8.63. The normalized spacial score (nSPS) is 12.6. The number of alkyl halides is 6. The van der Waals surface area contributed by atoms with Crippen molar-refractivity contribution in [1.82, 2.24) is 9.78 Å². The van der Waals surface area contributed by atoms with E-state index in [0.717, 1.165) is 0 Å². The highest BCUT2D eigenvalue weighted by atomic mass is 35.5. The highest BCUT2D eigenvalue weighted by molar-refractivity contribution is 6.32. The molecule has 0 spiro atoms. The van der Waals surface area contributed by atoms with Gasteiger partial charge < -0.3 is 5.32 Å². The first kappa shape index (κ1) is 15.6. The summed E-state index contributed by atoms with van der Waals surface area (Å²) in [6, 6.07) is 0. The zero-order valence-electron chi connectivity index (χ0n) is 8.94. The Morgan fingerprint density at radius 3 is 2.26 bits per heavy atom. The highest BCUT2D eigenvalue weighted by Gasteiger charge is 2.30. The Morgan fingerprint density at radius 2 is 1.79 bits per heavy atom. The van der Waals surface area contributed by atoms with Gasteiger partial charge in [0.1, 0.15) is 18.1 Å². The lowest BCUT2D eigenvalue weighted by Gasteiger charge is -2.12. The van der Waals surface area contributed by atoms with E-state index in [1.807, 2.05) is 0 Å². The second-order valence-corrected chi connectivity index (χ2v) is 3.80. The second-order valence-electron chi connectivity index (χ2n) is 3.42. The molecule has 1 aromatic rings. The minimum absolute atomic E-state index is 0.0150. The molecular formula is C8H6ClF6N3O. The summed E-state index contributed by atoms with van der Waals surface area (Å²) in [5.41, 5.74) is -1.81. The first-order valence-corrected chi connectivity index (χ1v) is 5.00. The van der Waals surface area contributed by atoms with E-state index < -0.39 is 41.7 Å². The Hall–Kier alpha value is -1.45. The van der Waals surface area contributed by atoms with Crippen LogP contribution >= 0.6 is 11.6 Å². The van der Waals surface area contributed by atoms with Crippen LogP contribution in [0.3, 0.4) is 0 Å². The van der Waals surface area contributed by atoms with Crippen molar-refractivity contribution in [2.24, 2.45) is 0 Å². The molecule has 0 aromatic carbocycles. The van der Waals surface area contributed by atoms with E-state index in [1.165, 1.54) is 0 Å². The van der Waals surface area contributed by atoms with Crippen molar-refractivity contribution < 1.29 is 26.3 Å². The maximum Gasteiger partial charge on any atom is 0.408 e. The fourth-order valence-electron chi connectivity index (χ4n) is 1.07. The van der Waals surface area contributed by atoms with Crippen LogP contribution < -0.4 is 10.9 Å². The topological polar surface area (TPSA) is 46.9 Å². The zero-order chi connectivity index (χ0) is 14.8. The third-order valence-electron chi connectivity index (χ3n) is 1.79. The summed E-state index contributed by atoms with van der Waals surface area (Å²) in [6.45, 7) is -3.16. The van der Waals surface area contributed by atoms with E-state index >= 15 is 0 Å². The largest absolute Gasteiger partial charge is 0.408 e. The molecule has 4 nitrogen and oxygen atoms in total. The third kappa shape index (κ3) is 4.97. The van der Waals surface area contributed by atoms with E-state index in [2.05, 4.69) is 5.10 Å². The smallest absolute Gasteiger partial charge is 0.374 e. The molecule has 108 valence electrons. The summed E-state index contributed by atoms with van der Waals surface area (Å²) in [5.74, 6) is 0. The van der Waals surface area contributed by atoms with E-state index in [9.17, 15) is 31.1 Å². The molecule has 1 rings (SSSR count). The predicted octanol–water partition coefficient (Wildman–Crippen LogP) is 2.43. The lowest BCUT2D eigenvalue weighted by atomic mass is 10.4. The van der Waals surface area contributed by atoms with Crippen LogP contribution in [0.2, 0.25) is 5.02 Å². The van der Waals surface area contributed by atoms with Crippen LogP contribution in [0.15, 0.2) is 11.0 Å². The van der Waals surface area contributed by atoms with Gasteiger partial charge in [-0.25, -0.2) is 4.68 Å². The van der Waals surface area contributed by atoms with Crippen molar-refractivity contribution in [3.8, 4) is 0 Å². The van der Waals surface area contributed by atoms with Gasteiger partial charge in [-0.2, -0.15) is 31.4 Å². The van der Waals surface area contributed by atoms with Crippen molar-refractivity contribution >= 4 is 17.3 Å². The summed E-state index contributed by atoms with van der Waals surface area (Å²) in [5, 5.41) is 4.08. The summed E-state index contributed by atoms with van der Waals surface area (Å²) in [4.78, 5) is 11.3. The molecule has 0 saturated heterocycles. The Balaban J connectivity index is 2.95. The van der Waals surface area contributed by atoms with Crippen LogP contribution in [0.4, 0.5) is 32.0 Å². The molecule has 0 fully saturated rings. The van der Waals surface area contributed by atoms with Gasteiger partial charge in [0.25, 0.3) is 5.56 Å². The van der Waals surface area contributed by atoms with Gasteiger partial charge in [-0.3, -0.25) is 4.79 Å². The fraction of sp³-hybridized carbons (Fsp3) is 0.500. The molecule has 0 aliphatic rings. The Bertz CT molecular complexity index is 509. The van der Waals surface area contributed by atoms with Crippen LogP contribution in [0.5, 0.6) is 0 Å². The van der Waals surface area contributed by atoms with E-state index in [1.54, 1.807) is 5.32 Å². The molecule has 0 aliphatic heterocycles. The molecule has 1 aromatic heterocycles. The van der Waals surface area contributed by atoms with Crippen LogP contribution in [0.1, 0.15) is 0 Å². The molecule has 0 saturated carbocycles. The van der Waals surface area contributed by atoms with Gasteiger partial charge in [0.05, 0.1) is 11.9 Å². The average molecular weight is 310 g/mol. The van der Waals surface area contributed by atoms with E-state index in [0.29, 0.717) is 6.20 Å². The lowest BCUT2D eigenvalue weighted by Crippen LogP contribution is -2.31. The lowest BCUT2D eigenvalue weighted by molar-refractivity contribution is -0.143. The minimum Gasteiger partial charge on any atom is -0.374 e. The highest BCUT2D eigenvalue weighted by Crippen LogP contribution is 2.21. The van der Waals surface area contributed by atoms with Crippen LogP contribution in [0, 0.1) is 0 Å². The third-order valence-corrected chi connectivity index (χ3v) is 2.16. The van der Waals surface area contributed by atoms with Crippen molar-refractivity contribution in [1.29, 1.82) is 0 Å². The number of hydrogen-bond donors (Lipinski definition) is 1. The molecule has 0 atom stereocenters. The number of nitrogens with one attached hydrogen (secondary N) is 1. The first-order chi connectivity index (χ1) is 8.49. The maximum absolute atomic E-state index is 12.1. The molecule has 0 aliphatic carbocycles. The molecule has 1 heterocycles. The average Bonchev–Trinajstić information content (AvgIpc) is 2.21. The monoisotopic (exact) mass is 309 g/mol. The molecule has 0 bridgehead atoms. The van der Waals surface area contributed by atoms with Crippen LogP contribution in [0.25, 0.3) is 0 Å². The SMILES string of the molecule is O=c1c(Cl)c(NCC(F)(F)F)cnn1CC(F)(F)F. The van der Waals surface area contributed by atoms with Crippen LogP contribution in [-0.2, 0) is 6.54 Å².